The highest BCUT2D eigenvalue weighted by Crippen LogP contribution is 2.37. The van der Waals surface area contributed by atoms with Crippen LogP contribution in [0.4, 0.5) is 13.2 Å². The minimum absolute atomic E-state index is 0.152. The van der Waals surface area contributed by atoms with E-state index in [2.05, 4.69) is 31.0 Å². The van der Waals surface area contributed by atoms with Gasteiger partial charge in [-0.1, -0.05) is 20.8 Å². The summed E-state index contributed by atoms with van der Waals surface area (Å²) in [4.78, 5) is 2.33. The van der Waals surface area contributed by atoms with Crippen LogP contribution in [-0.4, -0.2) is 56.0 Å². The maximum atomic E-state index is 12.1. The lowest BCUT2D eigenvalue weighted by Gasteiger charge is -2.45. The van der Waals surface area contributed by atoms with Crippen molar-refractivity contribution in [3.8, 4) is 0 Å². The van der Waals surface area contributed by atoms with Gasteiger partial charge in [-0.05, 0) is 24.2 Å². The zero-order valence-corrected chi connectivity index (χ0v) is 13.2. The fraction of sp³-hybridized carbons (Fsp3) is 1.00. The minimum atomic E-state index is -4.23. The van der Waals surface area contributed by atoms with E-state index in [9.17, 15) is 13.2 Å². The molecule has 1 aliphatic carbocycles. The Balaban J connectivity index is 1.83. The maximum absolute atomic E-state index is 12.1. The van der Waals surface area contributed by atoms with E-state index in [0.29, 0.717) is 24.5 Å². The molecule has 2 aliphatic rings. The molecule has 0 amide bonds. The molecule has 0 radical (unpaired) electrons. The van der Waals surface area contributed by atoms with Crippen LogP contribution in [0.25, 0.3) is 0 Å². The normalized spacial score (nSPS) is 28.9. The number of nitrogens with zero attached hydrogens (tertiary/aromatic N) is 1. The van der Waals surface area contributed by atoms with Crippen molar-refractivity contribution in [3.63, 3.8) is 0 Å². The van der Waals surface area contributed by atoms with Crippen LogP contribution in [0, 0.1) is 11.3 Å². The monoisotopic (exact) mass is 308 g/mol. The molecule has 1 saturated carbocycles. The Bertz CT molecular complexity index is 337. The molecule has 2 atom stereocenters. The van der Waals surface area contributed by atoms with Crippen molar-refractivity contribution in [2.45, 2.75) is 51.9 Å². The van der Waals surface area contributed by atoms with Crippen LogP contribution in [0.1, 0.15) is 33.6 Å². The fourth-order valence-corrected chi connectivity index (χ4v) is 2.98. The van der Waals surface area contributed by atoms with Crippen LogP contribution in [0.15, 0.2) is 0 Å². The highest BCUT2D eigenvalue weighted by molar-refractivity contribution is 4.97. The Morgan fingerprint density at radius 2 is 1.86 bits per heavy atom. The lowest BCUT2D eigenvalue weighted by molar-refractivity contribution is -0.175. The van der Waals surface area contributed by atoms with E-state index in [1.54, 1.807) is 0 Å². The summed E-state index contributed by atoms with van der Waals surface area (Å²) in [5, 5.41) is 3.61. The zero-order chi connectivity index (χ0) is 15.7. The fourth-order valence-electron chi connectivity index (χ4n) is 2.98. The summed E-state index contributed by atoms with van der Waals surface area (Å²) in [6, 6.07) is 0.827. The van der Waals surface area contributed by atoms with Gasteiger partial charge in [-0.2, -0.15) is 13.2 Å². The van der Waals surface area contributed by atoms with Gasteiger partial charge in [0.15, 0.2) is 0 Å². The summed E-state index contributed by atoms with van der Waals surface area (Å²) >= 11 is 0. The van der Waals surface area contributed by atoms with Gasteiger partial charge in [0.2, 0.25) is 0 Å². The molecule has 21 heavy (non-hydrogen) atoms. The topological polar surface area (TPSA) is 24.5 Å². The highest BCUT2D eigenvalue weighted by atomic mass is 19.4. The zero-order valence-electron chi connectivity index (χ0n) is 13.2. The van der Waals surface area contributed by atoms with Crippen molar-refractivity contribution in [1.82, 2.24) is 10.2 Å². The predicted molar refractivity (Wildman–Crippen MR) is 76.2 cm³/mol. The first-order valence-corrected chi connectivity index (χ1v) is 7.79. The molecule has 0 aromatic heterocycles. The summed E-state index contributed by atoms with van der Waals surface area (Å²) in [7, 11) is 0. The summed E-state index contributed by atoms with van der Waals surface area (Å²) in [5.74, 6) is 0.709. The molecule has 0 bridgehead atoms. The molecule has 1 aliphatic heterocycles. The van der Waals surface area contributed by atoms with Crippen LogP contribution in [0.5, 0.6) is 0 Å². The second-order valence-electron chi connectivity index (χ2n) is 7.39. The summed E-state index contributed by atoms with van der Waals surface area (Å²) in [6.45, 7) is 8.01. The Labute approximate surface area is 125 Å². The standard InChI is InChI=1S/C15H27F3N2O/c1-14(2,3)13-9-20(6-7-21-10-15(16,17)18)12(8-19-13)11-4-5-11/h11-13,19H,4-10H2,1-3H3. The molecule has 1 saturated heterocycles. The average Bonchev–Trinajstić information content (AvgIpc) is 3.16. The Morgan fingerprint density at radius 3 is 2.38 bits per heavy atom. The van der Waals surface area contributed by atoms with E-state index in [1.807, 2.05) is 0 Å². The Hall–Kier alpha value is -0.330. The third kappa shape index (κ3) is 5.42. The van der Waals surface area contributed by atoms with Crippen LogP contribution in [0.3, 0.4) is 0 Å². The van der Waals surface area contributed by atoms with E-state index in [-0.39, 0.29) is 12.0 Å². The van der Waals surface area contributed by atoms with Gasteiger partial charge in [-0.15, -0.1) is 0 Å². The molecule has 2 rings (SSSR count). The lowest BCUT2D eigenvalue weighted by Crippen LogP contribution is -2.61. The van der Waals surface area contributed by atoms with Crippen LogP contribution in [0.2, 0.25) is 0 Å². The number of halogens is 3. The summed E-state index contributed by atoms with van der Waals surface area (Å²) < 4.78 is 41.1. The van der Waals surface area contributed by atoms with Crippen molar-refractivity contribution in [2.75, 3.05) is 32.8 Å². The van der Waals surface area contributed by atoms with Gasteiger partial charge < -0.3 is 10.1 Å². The van der Waals surface area contributed by atoms with E-state index in [1.165, 1.54) is 12.8 Å². The number of hydrogen-bond acceptors (Lipinski definition) is 3. The molecule has 0 aromatic carbocycles. The number of rotatable bonds is 5. The van der Waals surface area contributed by atoms with Crippen molar-refractivity contribution < 1.29 is 17.9 Å². The molecule has 3 nitrogen and oxygen atoms in total. The highest BCUT2D eigenvalue weighted by Gasteiger charge is 2.41. The summed E-state index contributed by atoms with van der Waals surface area (Å²) in [6.07, 6.45) is -1.74. The largest absolute Gasteiger partial charge is 0.411 e. The number of ether oxygens (including phenoxy) is 1. The molecule has 1 heterocycles. The number of piperazine rings is 1. The second kappa shape index (κ2) is 6.42. The van der Waals surface area contributed by atoms with Crippen molar-refractivity contribution >= 4 is 0 Å². The number of nitrogens with one attached hydrogen (secondary N) is 1. The van der Waals surface area contributed by atoms with Gasteiger partial charge in [0.05, 0.1) is 6.61 Å². The van der Waals surface area contributed by atoms with Gasteiger partial charge in [0.1, 0.15) is 6.61 Å². The van der Waals surface area contributed by atoms with E-state index in [4.69, 9.17) is 4.74 Å². The molecule has 124 valence electrons. The third-order valence-corrected chi connectivity index (χ3v) is 4.46. The third-order valence-electron chi connectivity index (χ3n) is 4.46. The maximum Gasteiger partial charge on any atom is 0.411 e. The molecule has 0 spiro atoms. The first-order valence-electron chi connectivity index (χ1n) is 7.79. The van der Waals surface area contributed by atoms with Gasteiger partial charge in [-0.3, -0.25) is 4.90 Å². The number of alkyl halides is 3. The van der Waals surface area contributed by atoms with E-state index in [0.717, 1.165) is 13.1 Å². The average molecular weight is 308 g/mol. The molecular weight excluding hydrogens is 281 g/mol. The first kappa shape index (κ1) is 17.0. The quantitative estimate of drug-likeness (QED) is 0.790. The second-order valence-corrected chi connectivity index (χ2v) is 7.39. The SMILES string of the molecule is CC(C)(C)C1CN(CCOCC(F)(F)F)C(C2CC2)CN1. The minimum Gasteiger partial charge on any atom is -0.371 e. The van der Waals surface area contributed by atoms with Crippen LogP contribution >= 0.6 is 0 Å². The van der Waals surface area contributed by atoms with E-state index >= 15 is 0 Å². The molecular formula is C15H27F3N2O. The molecule has 1 N–H and O–H groups in total. The molecule has 2 fully saturated rings. The first-order chi connectivity index (χ1) is 9.67. The van der Waals surface area contributed by atoms with Crippen LogP contribution < -0.4 is 5.32 Å². The van der Waals surface area contributed by atoms with Gasteiger partial charge in [-0.25, -0.2) is 0 Å². The smallest absolute Gasteiger partial charge is 0.371 e. The molecule has 0 aromatic rings. The van der Waals surface area contributed by atoms with Crippen molar-refractivity contribution in [2.24, 2.45) is 11.3 Å². The predicted octanol–water partition coefficient (Wildman–Crippen LogP) is 2.66. The van der Waals surface area contributed by atoms with Crippen LogP contribution in [-0.2, 0) is 4.74 Å². The van der Waals surface area contributed by atoms with Crippen molar-refractivity contribution in [3.05, 3.63) is 0 Å². The molecule has 6 heteroatoms. The van der Waals surface area contributed by atoms with Crippen molar-refractivity contribution in [1.29, 1.82) is 0 Å². The summed E-state index contributed by atoms with van der Waals surface area (Å²) in [5.41, 5.74) is 0.152. The van der Waals surface area contributed by atoms with Gasteiger partial charge in [0.25, 0.3) is 0 Å². The molecule has 2 unspecified atom stereocenters. The lowest BCUT2D eigenvalue weighted by atomic mass is 9.84. The van der Waals surface area contributed by atoms with Gasteiger partial charge >= 0.3 is 6.18 Å². The number of hydrogen-bond donors (Lipinski definition) is 1. The van der Waals surface area contributed by atoms with E-state index < -0.39 is 12.8 Å². The van der Waals surface area contributed by atoms with Gasteiger partial charge in [0, 0.05) is 31.7 Å². The Kier molecular flexibility index (Phi) is 5.21. The Morgan fingerprint density at radius 1 is 1.19 bits per heavy atom.